The molecule has 1 saturated heterocycles. The first-order valence-corrected chi connectivity index (χ1v) is 8.43. The molecular formula is C14H17N3O3S. The number of nitrogens with zero attached hydrogens (tertiary/aromatic N) is 2. The summed E-state index contributed by atoms with van der Waals surface area (Å²) in [5, 5.41) is 11.6. The third-order valence-corrected chi connectivity index (χ3v) is 5.30. The number of sulfone groups is 1. The van der Waals surface area contributed by atoms with Crippen LogP contribution >= 0.6 is 0 Å². The summed E-state index contributed by atoms with van der Waals surface area (Å²) in [4.78, 5) is 13.7. The second-order valence-corrected chi connectivity index (χ2v) is 7.41. The average Bonchev–Trinajstić information content (AvgIpc) is 2.79. The van der Waals surface area contributed by atoms with Gasteiger partial charge in [-0.15, -0.1) is 0 Å². The average molecular weight is 307 g/mol. The van der Waals surface area contributed by atoms with E-state index in [1.165, 1.54) is 0 Å². The number of rotatable bonds is 4. The normalized spacial score (nSPS) is 20.1. The number of carbonyl (C=O) groups excluding carboxylic acids is 1. The van der Waals surface area contributed by atoms with E-state index < -0.39 is 9.84 Å². The summed E-state index contributed by atoms with van der Waals surface area (Å²) < 4.78 is 22.9. The first-order chi connectivity index (χ1) is 9.91. The van der Waals surface area contributed by atoms with Gasteiger partial charge in [0.25, 0.3) is 0 Å². The second-order valence-electron chi connectivity index (χ2n) is 5.18. The number of likely N-dealkylation sites (N-methyl/N-ethyl adjacent to an activating group) is 1. The predicted octanol–water partition coefficient (Wildman–Crippen LogP) is 0.616. The molecule has 0 aliphatic carbocycles. The Kier molecular flexibility index (Phi) is 4.60. The van der Waals surface area contributed by atoms with Gasteiger partial charge in [-0.3, -0.25) is 9.69 Å². The summed E-state index contributed by atoms with van der Waals surface area (Å²) >= 11 is 0. The molecule has 1 unspecified atom stereocenters. The van der Waals surface area contributed by atoms with Crippen molar-refractivity contribution in [1.82, 2.24) is 4.90 Å². The van der Waals surface area contributed by atoms with E-state index in [1.54, 1.807) is 36.2 Å². The number of hydrogen-bond acceptors (Lipinski definition) is 5. The molecule has 1 aromatic carbocycles. The van der Waals surface area contributed by atoms with E-state index in [0.717, 1.165) is 0 Å². The van der Waals surface area contributed by atoms with Crippen LogP contribution in [0.5, 0.6) is 0 Å². The number of anilines is 1. The first-order valence-electron chi connectivity index (χ1n) is 6.61. The van der Waals surface area contributed by atoms with Gasteiger partial charge in [0.2, 0.25) is 5.91 Å². The van der Waals surface area contributed by atoms with Crippen LogP contribution in [0, 0.1) is 11.3 Å². The van der Waals surface area contributed by atoms with Gasteiger partial charge >= 0.3 is 0 Å². The third kappa shape index (κ3) is 4.03. The molecule has 1 aliphatic heterocycles. The Morgan fingerprint density at radius 2 is 2.19 bits per heavy atom. The van der Waals surface area contributed by atoms with Gasteiger partial charge in [-0.05, 0) is 25.6 Å². The molecule has 0 saturated carbocycles. The highest BCUT2D eigenvalue weighted by molar-refractivity contribution is 7.91. The second kappa shape index (κ2) is 6.24. The number of amides is 1. The zero-order valence-corrected chi connectivity index (χ0v) is 12.6. The third-order valence-electron chi connectivity index (χ3n) is 3.55. The lowest BCUT2D eigenvalue weighted by atomic mass is 10.2. The van der Waals surface area contributed by atoms with Gasteiger partial charge in [0, 0.05) is 6.04 Å². The highest BCUT2D eigenvalue weighted by Crippen LogP contribution is 2.17. The summed E-state index contributed by atoms with van der Waals surface area (Å²) in [6, 6.07) is 8.65. The molecule has 1 amide bonds. The maximum atomic E-state index is 12.0. The number of nitrogens with one attached hydrogen (secondary N) is 1. The van der Waals surface area contributed by atoms with Crippen molar-refractivity contribution in [2.75, 3.05) is 30.4 Å². The Bertz CT molecular complexity index is 679. The summed E-state index contributed by atoms with van der Waals surface area (Å²) in [6.07, 6.45) is 0.556. The summed E-state index contributed by atoms with van der Waals surface area (Å²) in [5.41, 5.74) is 0.870. The minimum Gasteiger partial charge on any atom is -0.324 e. The molecular weight excluding hydrogens is 290 g/mol. The summed E-state index contributed by atoms with van der Waals surface area (Å²) in [7, 11) is -1.22. The highest BCUT2D eigenvalue weighted by atomic mass is 32.2. The van der Waals surface area contributed by atoms with E-state index in [1.807, 2.05) is 6.07 Å². The Morgan fingerprint density at radius 3 is 2.81 bits per heavy atom. The maximum Gasteiger partial charge on any atom is 0.238 e. The Hall–Kier alpha value is -1.91. The maximum absolute atomic E-state index is 12.0. The fraction of sp³-hybridized carbons (Fsp3) is 0.429. The predicted molar refractivity (Wildman–Crippen MR) is 79.5 cm³/mol. The zero-order chi connectivity index (χ0) is 15.5. The Morgan fingerprint density at radius 1 is 1.48 bits per heavy atom. The van der Waals surface area contributed by atoms with E-state index in [-0.39, 0.29) is 30.0 Å². The molecule has 6 nitrogen and oxygen atoms in total. The summed E-state index contributed by atoms with van der Waals surface area (Å²) in [6.45, 7) is 0.0972. The van der Waals surface area contributed by atoms with Gasteiger partial charge < -0.3 is 5.32 Å². The van der Waals surface area contributed by atoms with Crippen LogP contribution in [0.2, 0.25) is 0 Å². The highest BCUT2D eigenvalue weighted by Gasteiger charge is 2.31. The number of carbonyl (C=O) groups is 1. The van der Waals surface area contributed by atoms with E-state index >= 15 is 0 Å². The Balaban J connectivity index is 1.95. The van der Waals surface area contributed by atoms with Crippen molar-refractivity contribution in [2.45, 2.75) is 12.5 Å². The molecule has 7 heteroatoms. The molecule has 1 N–H and O–H groups in total. The van der Waals surface area contributed by atoms with E-state index in [9.17, 15) is 13.2 Å². The topological polar surface area (TPSA) is 90.3 Å². The lowest BCUT2D eigenvalue weighted by molar-refractivity contribution is -0.117. The molecule has 112 valence electrons. The van der Waals surface area contributed by atoms with Gasteiger partial charge in [-0.1, -0.05) is 12.1 Å². The van der Waals surface area contributed by atoms with Crippen molar-refractivity contribution in [1.29, 1.82) is 5.26 Å². The van der Waals surface area contributed by atoms with Crippen molar-refractivity contribution < 1.29 is 13.2 Å². The Labute approximate surface area is 124 Å². The fourth-order valence-electron chi connectivity index (χ4n) is 2.36. The minimum absolute atomic E-state index is 0.0972. The number of hydrogen-bond donors (Lipinski definition) is 1. The van der Waals surface area contributed by atoms with Crippen molar-refractivity contribution in [3.63, 3.8) is 0 Å². The largest absolute Gasteiger partial charge is 0.324 e. The molecule has 21 heavy (non-hydrogen) atoms. The smallest absolute Gasteiger partial charge is 0.238 e. The number of para-hydroxylation sites is 1. The lowest BCUT2D eigenvalue weighted by Crippen LogP contribution is -2.38. The quantitative estimate of drug-likeness (QED) is 0.880. The van der Waals surface area contributed by atoms with Crippen LogP contribution in [-0.2, 0) is 14.6 Å². The molecule has 0 spiro atoms. The number of benzene rings is 1. The van der Waals surface area contributed by atoms with Crippen LogP contribution in [0.4, 0.5) is 5.69 Å². The van der Waals surface area contributed by atoms with Crippen molar-refractivity contribution in [3.8, 4) is 6.07 Å². The molecule has 2 rings (SSSR count). The van der Waals surface area contributed by atoms with Crippen LogP contribution in [0.3, 0.4) is 0 Å². The van der Waals surface area contributed by atoms with Crippen molar-refractivity contribution >= 4 is 21.4 Å². The number of nitriles is 1. The molecule has 0 radical (unpaired) electrons. The van der Waals surface area contributed by atoms with Crippen molar-refractivity contribution in [2.24, 2.45) is 0 Å². The van der Waals surface area contributed by atoms with Crippen molar-refractivity contribution in [3.05, 3.63) is 29.8 Å². The van der Waals surface area contributed by atoms with Gasteiger partial charge in [-0.2, -0.15) is 5.26 Å². The molecule has 1 fully saturated rings. The van der Waals surface area contributed by atoms with Crippen LogP contribution in [0.15, 0.2) is 24.3 Å². The van der Waals surface area contributed by atoms with Crippen LogP contribution in [-0.4, -0.2) is 50.4 Å². The fourth-order valence-corrected chi connectivity index (χ4v) is 4.16. The van der Waals surface area contributed by atoms with Gasteiger partial charge in [-0.25, -0.2) is 8.42 Å². The molecule has 1 aliphatic rings. The van der Waals surface area contributed by atoms with Gasteiger partial charge in [0.1, 0.15) is 6.07 Å². The molecule has 1 aromatic rings. The van der Waals surface area contributed by atoms with E-state index in [4.69, 9.17) is 5.26 Å². The van der Waals surface area contributed by atoms with E-state index in [0.29, 0.717) is 17.7 Å². The van der Waals surface area contributed by atoms with Crippen LogP contribution in [0.1, 0.15) is 12.0 Å². The summed E-state index contributed by atoms with van der Waals surface area (Å²) in [5.74, 6) is 0.0245. The van der Waals surface area contributed by atoms with E-state index in [2.05, 4.69) is 5.32 Å². The standard InChI is InChI=1S/C14H17N3O3S/c1-17(12-6-7-21(19,20)10-12)9-14(18)16-13-5-3-2-4-11(13)8-15/h2-5,12H,6-7,9-10H2,1H3,(H,16,18). The lowest BCUT2D eigenvalue weighted by Gasteiger charge is -2.22. The van der Waals surface area contributed by atoms with Gasteiger partial charge in [0.05, 0.1) is 29.3 Å². The minimum atomic E-state index is -2.96. The van der Waals surface area contributed by atoms with Gasteiger partial charge in [0.15, 0.2) is 9.84 Å². The molecule has 1 heterocycles. The monoisotopic (exact) mass is 307 g/mol. The van der Waals surface area contributed by atoms with Crippen LogP contribution < -0.4 is 5.32 Å². The molecule has 1 atom stereocenters. The molecule has 0 aromatic heterocycles. The molecule has 0 bridgehead atoms. The first kappa shape index (κ1) is 15.5. The zero-order valence-electron chi connectivity index (χ0n) is 11.7. The SMILES string of the molecule is CN(CC(=O)Nc1ccccc1C#N)C1CCS(=O)(=O)C1. The van der Waals surface area contributed by atoms with Crippen LogP contribution in [0.25, 0.3) is 0 Å².